The van der Waals surface area contributed by atoms with E-state index in [2.05, 4.69) is 6.92 Å². The summed E-state index contributed by atoms with van der Waals surface area (Å²) in [6.07, 6.45) is 5.57. The molecule has 0 unspecified atom stereocenters. The molecular formula is C16H22O4. The molecule has 0 spiro atoms. The summed E-state index contributed by atoms with van der Waals surface area (Å²) in [6.45, 7) is 1.95. The number of ether oxygens (including phenoxy) is 1. The van der Waals surface area contributed by atoms with Crippen molar-refractivity contribution >= 4 is 5.97 Å². The monoisotopic (exact) mass is 278 g/mol. The van der Waals surface area contributed by atoms with E-state index in [-0.39, 0.29) is 24.4 Å². The predicted octanol–water partition coefficient (Wildman–Crippen LogP) is 2.76. The predicted molar refractivity (Wildman–Crippen MR) is 75.9 cm³/mol. The van der Waals surface area contributed by atoms with Gasteiger partial charge >= 0.3 is 5.97 Å². The van der Waals surface area contributed by atoms with E-state index in [1.54, 1.807) is 18.2 Å². The zero-order valence-corrected chi connectivity index (χ0v) is 11.9. The van der Waals surface area contributed by atoms with Crippen molar-refractivity contribution in [3.8, 4) is 5.75 Å². The average Bonchev–Trinajstić information content (AvgIpc) is 2.46. The number of hydrogen-bond donors (Lipinski definition) is 2. The first-order valence-electron chi connectivity index (χ1n) is 7.18. The van der Waals surface area contributed by atoms with E-state index < -0.39 is 5.97 Å². The Bertz CT molecular complexity index is 475. The molecule has 0 aromatic heterocycles. The summed E-state index contributed by atoms with van der Waals surface area (Å²) in [5, 5.41) is 18.8. The minimum absolute atomic E-state index is 0.00763. The maximum absolute atomic E-state index is 11.8. The van der Waals surface area contributed by atoms with Gasteiger partial charge in [0, 0.05) is 5.56 Å². The minimum Gasteiger partial charge on any atom is -0.508 e. The molecule has 0 radical (unpaired) electrons. The molecule has 2 rings (SSSR count). The molecule has 1 fully saturated rings. The van der Waals surface area contributed by atoms with Crippen LogP contribution in [0, 0.1) is 0 Å². The third-order valence-corrected chi connectivity index (χ3v) is 4.16. The van der Waals surface area contributed by atoms with Gasteiger partial charge in [0.05, 0.1) is 12.2 Å². The number of esters is 1. The molecule has 0 atom stereocenters. The van der Waals surface area contributed by atoms with Crippen LogP contribution < -0.4 is 0 Å². The summed E-state index contributed by atoms with van der Waals surface area (Å²) in [4.78, 5) is 11.8. The lowest BCUT2D eigenvalue weighted by molar-refractivity contribution is 0.0433. The molecule has 20 heavy (non-hydrogen) atoms. The molecule has 2 N–H and O–H groups in total. The fourth-order valence-corrected chi connectivity index (χ4v) is 2.97. The molecule has 1 aromatic rings. The smallest absolute Gasteiger partial charge is 0.338 e. The zero-order valence-electron chi connectivity index (χ0n) is 11.9. The number of aliphatic hydroxyl groups is 1. The highest BCUT2D eigenvalue weighted by atomic mass is 16.5. The van der Waals surface area contributed by atoms with Gasteiger partial charge in [-0.3, -0.25) is 0 Å². The SMILES string of the molecule is CC1(c2cc(C(=O)OCCO)ccc2O)CCCCC1. The molecule has 0 amide bonds. The summed E-state index contributed by atoms with van der Waals surface area (Å²) >= 11 is 0. The van der Waals surface area contributed by atoms with Gasteiger partial charge in [-0.2, -0.15) is 0 Å². The van der Waals surface area contributed by atoms with Crippen molar-refractivity contribution < 1.29 is 19.7 Å². The number of phenolic OH excluding ortho intramolecular Hbond substituents is 1. The van der Waals surface area contributed by atoms with Crippen LogP contribution in [-0.2, 0) is 10.2 Å². The largest absolute Gasteiger partial charge is 0.508 e. The first kappa shape index (κ1) is 14.9. The second kappa shape index (κ2) is 6.27. The maximum atomic E-state index is 11.8. The zero-order chi connectivity index (χ0) is 14.6. The van der Waals surface area contributed by atoms with Crippen molar-refractivity contribution in [3.05, 3.63) is 29.3 Å². The second-order valence-corrected chi connectivity index (χ2v) is 5.71. The van der Waals surface area contributed by atoms with Crippen molar-refractivity contribution in [2.75, 3.05) is 13.2 Å². The van der Waals surface area contributed by atoms with Gasteiger partial charge in [-0.1, -0.05) is 26.2 Å². The molecule has 0 aliphatic heterocycles. The van der Waals surface area contributed by atoms with Gasteiger partial charge in [-0.25, -0.2) is 4.79 Å². The first-order valence-corrected chi connectivity index (χ1v) is 7.18. The van der Waals surface area contributed by atoms with Crippen LogP contribution in [0.3, 0.4) is 0 Å². The number of carbonyl (C=O) groups is 1. The van der Waals surface area contributed by atoms with Crippen LogP contribution in [0.5, 0.6) is 5.75 Å². The Morgan fingerprint density at radius 2 is 2.00 bits per heavy atom. The first-order chi connectivity index (χ1) is 9.57. The van der Waals surface area contributed by atoms with Crippen LogP contribution in [0.2, 0.25) is 0 Å². The number of phenols is 1. The van der Waals surface area contributed by atoms with Gasteiger partial charge in [0.15, 0.2) is 0 Å². The Kier molecular flexibility index (Phi) is 4.65. The van der Waals surface area contributed by atoms with Gasteiger partial charge in [-0.15, -0.1) is 0 Å². The van der Waals surface area contributed by atoms with E-state index in [4.69, 9.17) is 9.84 Å². The van der Waals surface area contributed by atoms with Crippen LogP contribution in [0.4, 0.5) is 0 Å². The summed E-state index contributed by atoms with van der Waals surface area (Å²) in [6, 6.07) is 4.86. The quantitative estimate of drug-likeness (QED) is 0.831. The van der Waals surface area contributed by atoms with E-state index in [0.717, 1.165) is 31.2 Å². The van der Waals surface area contributed by atoms with Crippen molar-refractivity contribution in [2.24, 2.45) is 0 Å². The second-order valence-electron chi connectivity index (χ2n) is 5.71. The van der Waals surface area contributed by atoms with Crippen molar-refractivity contribution in [2.45, 2.75) is 44.4 Å². The number of hydrogen-bond acceptors (Lipinski definition) is 4. The molecule has 1 saturated carbocycles. The Balaban J connectivity index is 2.26. The number of benzene rings is 1. The standard InChI is InChI=1S/C16H22O4/c1-16(7-3-2-4-8-16)13-11-12(5-6-14(13)18)15(19)20-10-9-17/h5-6,11,17-18H,2-4,7-10H2,1H3. The average molecular weight is 278 g/mol. The summed E-state index contributed by atoms with van der Waals surface area (Å²) in [7, 11) is 0. The third kappa shape index (κ3) is 3.12. The maximum Gasteiger partial charge on any atom is 0.338 e. The van der Waals surface area contributed by atoms with Crippen LogP contribution in [0.25, 0.3) is 0 Å². The normalized spacial score (nSPS) is 17.7. The molecule has 0 bridgehead atoms. The van der Waals surface area contributed by atoms with Crippen molar-refractivity contribution in [1.29, 1.82) is 0 Å². The Morgan fingerprint density at radius 1 is 1.30 bits per heavy atom. The number of aliphatic hydroxyl groups excluding tert-OH is 1. The Hall–Kier alpha value is -1.55. The number of carbonyl (C=O) groups excluding carboxylic acids is 1. The fourth-order valence-electron chi connectivity index (χ4n) is 2.97. The van der Waals surface area contributed by atoms with E-state index >= 15 is 0 Å². The number of rotatable bonds is 4. The third-order valence-electron chi connectivity index (χ3n) is 4.16. The van der Waals surface area contributed by atoms with E-state index in [0.29, 0.717) is 5.56 Å². The molecule has 4 nitrogen and oxygen atoms in total. The molecule has 1 aromatic carbocycles. The van der Waals surface area contributed by atoms with Crippen LogP contribution >= 0.6 is 0 Å². The minimum atomic E-state index is -0.459. The molecule has 0 heterocycles. The highest BCUT2D eigenvalue weighted by Gasteiger charge is 2.31. The highest BCUT2D eigenvalue weighted by molar-refractivity contribution is 5.90. The van der Waals surface area contributed by atoms with Crippen molar-refractivity contribution in [3.63, 3.8) is 0 Å². The van der Waals surface area contributed by atoms with Gasteiger partial charge in [0.2, 0.25) is 0 Å². The van der Waals surface area contributed by atoms with Crippen LogP contribution in [0.15, 0.2) is 18.2 Å². The molecule has 1 aliphatic carbocycles. The molecule has 4 heteroatoms. The molecule has 1 aliphatic rings. The van der Waals surface area contributed by atoms with Crippen LogP contribution in [-0.4, -0.2) is 29.4 Å². The summed E-state index contributed by atoms with van der Waals surface area (Å²) in [5.74, 6) is -0.215. The van der Waals surface area contributed by atoms with E-state index in [1.807, 2.05) is 0 Å². The fraction of sp³-hybridized carbons (Fsp3) is 0.562. The lowest BCUT2D eigenvalue weighted by Gasteiger charge is -2.34. The summed E-state index contributed by atoms with van der Waals surface area (Å²) in [5.41, 5.74) is 1.18. The van der Waals surface area contributed by atoms with Crippen molar-refractivity contribution in [1.82, 2.24) is 0 Å². The lowest BCUT2D eigenvalue weighted by Crippen LogP contribution is -2.25. The topological polar surface area (TPSA) is 66.8 Å². The Labute approximate surface area is 119 Å². The molecular weight excluding hydrogens is 256 g/mol. The van der Waals surface area contributed by atoms with Crippen LogP contribution in [0.1, 0.15) is 54.9 Å². The van der Waals surface area contributed by atoms with E-state index in [1.165, 1.54) is 6.42 Å². The van der Waals surface area contributed by atoms with Gasteiger partial charge < -0.3 is 14.9 Å². The summed E-state index contributed by atoms with van der Waals surface area (Å²) < 4.78 is 4.92. The van der Waals surface area contributed by atoms with E-state index in [9.17, 15) is 9.90 Å². The highest BCUT2D eigenvalue weighted by Crippen LogP contribution is 2.42. The molecule has 110 valence electrons. The van der Waals surface area contributed by atoms with Gasteiger partial charge in [0.25, 0.3) is 0 Å². The Morgan fingerprint density at radius 3 is 2.65 bits per heavy atom. The lowest BCUT2D eigenvalue weighted by atomic mass is 9.70. The molecule has 0 saturated heterocycles. The van der Waals surface area contributed by atoms with Gasteiger partial charge in [0.1, 0.15) is 12.4 Å². The number of aromatic hydroxyl groups is 1. The van der Waals surface area contributed by atoms with Gasteiger partial charge in [-0.05, 0) is 36.5 Å².